The summed E-state index contributed by atoms with van der Waals surface area (Å²) >= 11 is 1.82. The number of benzene rings is 2. The van der Waals surface area contributed by atoms with Gasteiger partial charge < -0.3 is 4.98 Å². The van der Waals surface area contributed by atoms with Gasteiger partial charge in [-0.3, -0.25) is 4.98 Å². The number of imidazole rings is 1. The first-order valence-corrected chi connectivity index (χ1v) is 8.44. The average molecular weight is 317 g/mol. The number of thioether (sulfide) groups is 1. The fourth-order valence-corrected chi connectivity index (χ4v) is 3.52. The third kappa shape index (κ3) is 2.98. The summed E-state index contributed by atoms with van der Waals surface area (Å²) in [6, 6.07) is 20.6. The van der Waals surface area contributed by atoms with E-state index in [-0.39, 0.29) is 0 Å². The normalized spacial score (nSPS) is 11.0. The summed E-state index contributed by atoms with van der Waals surface area (Å²) in [4.78, 5) is 13.4. The Morgan fingerprint density at radius 1 is 0.870 bits per heavy atom. The van der Waals surface area contributed by atoms with Crippen molar-refractivity contribution in [3.05, 3.63) is 78.6 Å². The van der Waals surface area contributed by atoms with Crippen LogP contribution in [0, 0.1) is 0 Å². The first-order chi connectivity index (χ1) is 11.4. The van der Waals surface area contributed by atoms with Crippen molar-refractivity contribution in [3.8, 4) is 11.4 Å². The minimum absolute atomic E-state index is 0.916. The van der Waals surface area contributed by atoms with Gasteiger partial charge in [-0.25, -0.2) is 4.98 Å². The molecule has 0 aliphatic heterocycles. The largest absolute Gasteiger partial charge is 0.338 e. The molecule has 0 atom stereocenters. The van der Waals surface area contributed by atoms with Crippen molar-refractivity contribution >= 4 is 22.8 Å². The summed E-state index contributed by atoms with van der Waals surface area (Å²) in [6.07, 6.45) is 3.67. The van der Waals surface area contributed by atoms with Crippen LogP contribution in [0.2, 0.25) is 0 Å². The van der Waals surface area contributed by atoms with Crippen molar-refractivity contribution in [2.75, 3.05) is 0 Å². The molecule has 1 N–H and O–H groups in total. The van der Waals surface area contributed by atoms with Crippen LogP contribution < -0.4 is 0 Å². The molecule has 2 aromatic carbocycles. The molecule has 0 fully saturated rings. The summed E-state index contributed by atoms with van der Waals surface area (Å²) in [7, 11) is 0. The average Bonchev–Trinajstić information content (AvgIpc) is 3.05. The van der Waals surface area contributed by atoms with Crippen LogP contribution in [0.15, 0.2) is 78.0 Å². The molecule has 0 saturated carbocycles. The number of para-hydroxylation sites is 2. The van der Waals surface area contributed by atoms with Crippen molar-refractivity contribution in [3.63, 3.8) is 0 Å². The second-order valence-electron chi connectivity index (χ2n) is 5.24. The van der Waals surface area contributed by atoms with Gasteiger partial charge in [0.25, 0.3) is 0 Å². The number of aromatic amines is 1. The van der Waals surface area contributed by atoms with Gasteiger partial charge in [-0.1, -0.05) is 30.3 Å². The summed E-state index contributed by atoms with van der Waals surface area (Å²) in [5.74, 6) is 1.84. The molecule has 2 heterocycles. The van der Waals surface area contributed by atoms with Gasteiger partial charge in [-0.15, -0.1) is 11.8 Å². The number of rotatable bonds is 4. The van der Waals surface area contributed by atoms with Crippen LogP contribution >= 0.6 is 11.8 Å². The molecule has 0 aliphatic carbocycles. The standard InChI is InChI=1S/C19H15N3S/c1-4-8-18(23-13-14-9-11-20-12-10-14)15(5-1)19-21-16-6-2-3-7-17(16)22-19/h1-12H,13H2,(H,21,22). The van der Waals surface area contributed by atoms with Gasteiger partial charge >= 0.3 is 0 Å². The topological polar surface area (TPSA) is 41.6 Å². The first kappa shape index (κ1) is 14.0. The van der Waals surface area contributed by atoms with Crippen LogP contribution in [-0.4, -0.2) is 15.0 Å². The molecule has 0 unspecified atom stereocenters. The number of H-pyrrole nitrogens is 1. The fraction of sp³-hybridized carbons (Fsp3) is 0.0526. The molecule has 23 heavy (non-hydrogen) atoms. The Kier molecular flexibility index (Phi) is 3.82. The smallest absolute Gasteiger partial charge is 0.139 e. The lowest BCUT2D eigenvalue weighted by molar-refractivity contribution is 1.26. The molecule has 4 heteroatoms. The Morgan fingerprint density at radius 3 is 2.52 bits per heavy atom. The maximum atomic E-state index is 4.72. The van der Waals surface area contributed by atoms with Gasteiger partial charge in [-0.2, -0.15) is 0 Å². The minimum Gasteiger partial charge on any atom is -0.338 e. The molecule has 4 rings (SSSR count). The van der Waals surface area contributed by atoms with Crippen molar-refractivity contribution in [2.24, 2.45) is 0 Å². The highest BCUT2D eigenvalue weighted by molar-refractivity contribution is 7.98. The van der Waals surface area contributed by atoms with Crippen LogP contribution in [-0.2, 0) is 5.75 Å². The van der Waals surface area contributed by atoms with Crippen LogP contribution in [0.3, 0.4) is 0 Å². The molecule has 112 valence electrons. The highest BCUT2D eigenvalue weighted by Gasteiger charge is 2.10. The molecule has 0 radical (unpaired) electrons. The SMILES string of the molecule is c1ccc(-c2nc3ccccc3[nH]2)c(SCc2ccncc2)c1. The molecule has 0 aliphatic rings. The molecule has 0 saturated heterocycles. The third-order valence-corrected chi connectivity index (χ3v) is 4.82. The van der Waals surface area contributed by atoms with E-state index in [0.717, 1.165) is 28.2 Å². The van der Waals surface area contributed by atoms with Gasteiger partial charge in [0.2, 0.25) is 0 Å². The van der Waals surface area contributed by atoms with E-state index in [0.29, 0.717) is 0 Å². The zero-order valence-electron chi connectivity index (χ0n) is 12.4. The number of pyridine rings is 1. The van der Waals surface area contributed by atoms with Crippen molar-refractivity contribution in [1.82, 2.24) is 15.0 Å². The van der Waals surface area contributed by atoms with E-state index >= 15 is 0 Å². The Labute approximate surface area is 138 Å². The van der Waals surface area contributed by atoms with Crippen molar-refractivity contribution in [2.45, 2.75) is 10.6 Å². The van der Waals surface area contributed by atoms with Crippen LogP contribution in [0.5, 0.6) is 0 Å². The Balaban J connectivity index is 1.66. The third-order valence-electron chi connectivity index (χ3n) is 3.68. The summed E-state index contributed by atoms with van der Waals surface area (Å²) in [6.45, 7) is 0. The van der Waals surface area contributed by atoms with Gasteiger partial charge in [0, 0.05) is 28.6 Å². The Hall–Kier alpha value is -2.59. The highest BCUT2D eigenvalue weighted by atomic mass is 32.2. The lowest BCUT2D eigenvalue weighted by atomic mass is 10.2. The predicted octanol–water partition coefficient (Wildman–Crippen LogP) is 4.92. The number of nitrogens with zero attached hydrogens (tertiary/aromatic N) is 2. The second-order valence-corrected chi connectivity index (χ2v) is 6.26. The van der Waals surface area contributed by atoms with Gasteiger partial charge in [-0.05, 0) is 35.9 Å². The summed E-state index contributed by atoms with van der Waals surface area (Å²) < 4.78 is 0. The highest BCUT2D eigenvalue weighted by Crippen LogP contribution is 2.32. The predicted molar refractivity (Wildman–Crippen MR) is 95.3 cm³/mol. The number of hydrogen-bond acceptors (Lipinski definition) is 3. The van der Waals surface area contributed by atoms with E-state index in [1.165, 1.54) is 10.5 Å². The zero-order valence-corrected chi connectivity index (χ0v) is 13.3. The van der Waals surface area contributed by atoms with Crippen molar-refractivity contribution in [1.29, 1.82) is 0 Å². The number of aromatic nitrogens is 3. The van der Waals surface area contributed by atoms with E-state index in [1.807, 2.05) is 42.4 Å². The number of hydrogen-bond donors (Lipinski definition) is 1. The lowest BCUT2D eigenvalue weighted by Gasteiger charge is -2.07. The van der Waals surface area contributed by atoms with Crippen molar-refractivity contribution < 1.29 is 0 Å². The molecular formula is C19H15N3S. The fourth-order valence-electron chi connectivity index (χ4n) is 2.51. The van der Waals surface area contributed by atoms with E-state index in [1.54, 1.807) is 0 Å². The molecule has 4 aromatic rings. The van der Waals surface area contributed by atoms with E-state index in [9.17, 15) is 0 Å². The lowest BCUT2D eigenvalue weighted by Crippen LogP contribution is -1.86. The van der Waals surface area contributed by atoms with E-state index < -0.39 is 0 Å². The van der Waals surface area contributed by atoms with Gasteiger partial charge in [0.05, 0.1) is 11.0 Å². The molecule has 0 amide bonds. The van der Waals surface area contributed by atoms with Crippen LogP contribution in [0.25, 0.3) is 22.4 Å². The van der Waals surface area contributed by atoms with Gasteiger partial charge in [0.15, 0.2) is 0 Å². The first-order valence-electron chi connectivity index (χ1n) is 7.46. The van der Waals surface area contributed by atoms with Gasteiger partial charge in [0.1, 0.15) is 5.82 Å². The molecule has 0 spiro atoms. The second kappa shape index (κ2) is 6.26. The molecule has 0 bridgehead atoms. The van der Waals surface area contributed by atoms with Crippen LogP contribution in [0.4, 0.5) is 0 Å². The Morgan fingerprint density at radius 2 is 1.65 bits per heavy atom. The molecule has 2 aromatic heterocycles. The Bertz CT molecular complexity index is 898. The van der Waals surface area contributed by atoms with E-state index in [2.05, 4.69) is 52.4 Å². The molecule has 3 nitrogen and oxygen atoms in total. The molecular weight excluding hydrogens is 302 g/mol. The summed E-state index contributed by atoms with van der Waals surface area (Å²) in [5.41, 5.74) is 4.47. The number of nitrogens with one attached hydrogen (secondary N) is 1. The summed E-state index contributed by atoms with van der Waals surface area (Å²) in [5, 5.41) is 0. The monoisotopic (exact) mass is 317 g/mol. The quantitative estimate of drug-likeness (QED) is 0.543. The maximum absolute atomic E-state index is 4.72. The zero-order chi connectivity index (χ0) is 15.5. The minimum atomic E-state index is 0.916. The number of fused-ring (bicyclic) bond motifs is 1. The van der Waals surface area contributed by atoms with E-state index in [4.69, 9.17) is 4.98 Å². The van der Waals surface area contributed by atoms with Crippen LogP contribution in [0.1, 0.15) is 5.56 Å². The maximum Gasteiger partial charge on any atom is 0.139 e.